The Morgan fingerprint density at radius 1 is 1.15 bits per heavy atom. The molecule has 20 heavy (non-hydrogen) atoms. The van der Waals surface area contributed by atoms with E-state index in [0.717, 1.165) is 0 Å². The first-order chi connectivity index (χ1) is 9.50. The van der Waals surface area contributed by atoms with Crippen molar-refractivity contribution in [1.82, 2.24) is 9.80 Å². The Hall–Kier alpha value is -1.43. The maximum absolute atomic E-state index is 14.0. The molecule has 2 rings (SSSR count). The van der Waals surface area contributed by atoms with E-state index >= 15 is 0 Å². The number of benzene rings is 1. The SMILES string of the molecule is CC(=O)N1CCCN(C(=O)c2cccc(Br)c2F)CC1. The van der Waals surface area contributed by atoms with Crippen LogP contribution < -0.4 is 0 Å². The minimum absolute atomic E-state index is 0.00735. The second kappa shape index (κ2) is 6.35. The summed E-state index contributed by atoms with van der Waals surface area (Å²) in [5.74, 6) is -0.854. The van der Waals surface area contributed by atoms with Crippen LogP contribution in [0.4, 0.5) is 4.39 Å². The van der Waals surface area contributed by atoms with Gasteiger partial charge in [-0.25, -0.2) is 4.39 Å². The maximum Gasteiger partial charge on any atom is 0.256 e. The van der Waals surface area contributed by atoms with E-state index in [2.05, 4.69) is 15.9 Å². The van der Waals surface area contributed by atoms with E-state index in [0.29, 0.717) is 32.6 Å². The van der Waals surface area contributed by atoms with Gasteiger partial charge < -0.3 is 9.80 Å². The lowest BCUT2D eigenvalue weighted by atomic mass is 10.2. The normalized spacial score (nSPS) is 15.9. The van der Waals surface area contributed by atoms with Crippen molar-refractivity contribution in [1.29, 1.82) is 0 Å². The third-order valence-corrected chi connectivity index (χ3v) is 4.02. The molecule has 1 heterocycles. The van der Waals surface area contributed by atoms with Crippen molar-refractivity contribution in [2.75, 3.05) is 26.2 Å². The van der Waals surface area contributed by atoms with Crippen LogP contribution in [0.5, 0.6) is 0 Å². The van der Waals surface area contributed by atoms with Gasteiger partial charge in [-0.15, -0.1) is 0 Å². The molecular formula is C14H16BrFN2O2. The number of carbonyl (C=O) groups is 2. The Morgan fingerprint density at radius 3 is 2.50 bits per heavy atom. The van der Waals surface area contributed by atoms with Gasteiger partial charge in [-0.2, -0.15) is 0 Å². The predicted octanol–water partition coefficient (Wildman–Crippen LogP) is 2.28. The van der Waals surface area contributed by atoms with E-state index in [-0.39, 0.29) is 21.9 Å². The minimum atomic E-state index is -0.537. The molecular weight excluding hydrogens is 327 g/mol. The van der Waals surface area contributed by atoms with Crippen LogP contribution >= 0.6 is 15.9 Å². The summed E-state index contributed by atoms with van der Waals surface area (Å²) >= 11 is 3.08. The van der Waals surface area contributed by atoms with Gasteiger partial charge in [-0.05, 0) is 34.5 Å². The summed E-state index contributed by atoms with van der Waals surface area (Å²) in [6.07, 6.45) is 0.709. The Morgan fingerprint density at radius 2 is 1.80 bits per heavy atom. The van der Waals surface area contributed by atoms with Crippen molar-refractivity contribution < 1.29 is 14.0 Å². The molecule has 4 nitrogen and oxygen atoms in total. The van der Waals surface area contributed by atoms with Crippen LogP contribution in [-0.2, 0) is 4.79 Å². The number of rotatable bonds is 1. The molecule has 6 heteroatoms. The van der Waals surface area contributed by atoms with E-state index < -0.39 is 5.82 Å². The Kier molecular flexibility index (Phi) is 4.75. The molecule has 0 radical (unpaired) electrons. The molecule has 0 bridgehead atoms. The highest BCUT2D eigenvalue weighted by Gasteiger charge is 2.23. The summed E-state index contributed by atoms with van der Waals surface area (Å²) in [4.78, 5) is 27.0. The van der Waals surface area contributed by atoms with Gasteiger partial charge in [0.15, 0.2) is 0 Å². The zero-order valence-electron chi connectivity index (χ0n) is 11.2. The third kappa shape index (κ3) is 3.17. The summed E-state index contributed by atoms with van der Waals surface area (Å²) in [5, 5.41) is 0. The first kappa shape index (κ1) is 15.0. The highest BCUT2D eigenvalue weighted by atomic mass is 79.9. The zero-order valence-corrected chi connectivity index (χ0v) is 12.8. The second-order valence-corrected chi connectivity index (χ2v) is 5.61. The molecule has 108 valence electrons. The standard InChI is InChI=1S/C14H16BrFN2O2/c1-10(19)17-6-3-7-18(9-8-17)14(20)11-4-2-5-12(15)13(11)16/h2,4-5H,3,6-9H2,1H3. The topological polar surface area (TPSA) is 40.6 Å². The van der Waals surface area contributed by atoms with E-state index in [1.807, 2.05) is 0 Å². The molecule has 1 aliphatic heterocycles. The van der Waals surface area contributed by atoms with E-state index in [1.165, 1.54) is 13.0 Å². The van der Waals surface area contributed by atoms with E-state index in [1.54, 1.807) is 21.9 Å². The summed E-state index contributed by atoms with van der Waals surface area (Å²) in [5.41, 5.74) is 0.0654. The first-order valence-corrected chi connectivity index (χ1v) is 7.29. The molecule has 1 aromatic rings. The maximum atomic E-state index is 14.0. The molecule has 1 saturated heterocycles. The summed E-state index contributed by atoms with van der Waals surface area (Å²) in [6, 6.07) is 4.68. The molecule has 1 aliphatic rings. The number of nitrogens with zero attached hydrogens (tertiary/aromatic N) is 2. The molecule has 0 N–H and O–H groups in total. The van der Waals surface area contributed by atoms with Crippen LogP contribution in [-0.4, -0.2) is 47.8 Å². The quantitative estimate of drug-likeness (QED) is 0.785. The predicted molar refractivity (Wildman–Crippen MR) is 76.9 cm³/mol. The van der Waals surface area contributed by atoms with E-state index in [9.17, 15) is 14.0 Å². The minimum Gasteiger partial charge on any atom is -0.341 e. The number of halogens is 2. The largest absolute Gasteiger partial charge is 0.341 e. The van der Waals surface area contributed by atoms with Crippen molar-refractivity contribution in [2.24, 2.45) is 0 Å². The van der Waals surface area contributed by atoms with E-state index in [4.69, 9.17) is 0 Å². The highest BCUT2D eigenvalue weighted by Crippen LogP contribution is 2.20. The molecule has 0 aromatic heterocycles. The summed E-state index contributed by atoms with van der Waals surface area (Å²) in [6.45, 7) is 3.63. The van der Waals surface area contributed by atoms with Crippen LogP contribution in [0.2, 0.25) is 0 Å². The monoisotopic (exact) mass is 342 g/mol. The van der Waals surface area contributed by atoms with Gasteiger partial charge in [0.05, 0.1) is 10.0 Å². The summed E-state index contributed by atoms with van der Waals surface area (Å²) in [7, 11) is 0. The first-order valence-electron chi connectivity index (χ1n) is 6.49. The number of hydrogen-bond acceptors (Lipinski definition) is 2. The second-order valence-electron chi connectivity index (χ2n) is 4.75. The van der Waals surface area contributed by atoms with Gasteiger partial charge in [0, 0.05) is 33.1 Å². The lowest BCUT2D eigenvalue weighted by Crippen LogP contribution is -2.36. The fourth-order valence-electron chi connectivity index (χ4n) is 2.27. The Balaban J connectivity index is 2.13. The van der Waals surface area contributed by atoms with Crippen LogP contribution in [0.15, 0.2) is 22.7 Å². The molecule has 1 aromatic carbocycles. The van der Waals surface area contributed by atoms with Crippen LogP contribution in [0, 0.1) is 5.82 Å². The number of amides is 2. The molecule has 0 unspecified atom stereocenters. The molecule has 0 atom stereocenters. The lowest BCUT2D eigenvalue weighted by molar-refractivity contribution is -0.128. The Labute approximate surface area is 125 Å². The average Bonchev–Trinajstić information content (AvgIpc) is 2.67. The van der Waals surface area contributed by atoms with Crippen LogP contribution in [0.1, 0.15) is 23.7 Å². The summed E-state index contributed by atoms with van der Waals surface area (Å²) < 4.78 is 14.2. The van der Waals surface area contributed by atoms with Gasteiger partial charge in [0.25, 0.3) is 5.91 Å². The third-order valence-electron chi connectivity index (χ3n) is 3.41. The van der Waals surface area contributed by atoms with Crippen LogP contribution in [0.25, 0.3) is 0 Å². The molecule has 0 aliphatic carbocycles. The van der Waals surface area contributed by atoms with Crippen molar-refractivity contribution in [3.8, 4) is 0 Å². The van der Waals surface area contributed by atoms with Crippen LogP contribution in [0.3, 0.4) is 0 Å². The fraction of sp³-hybridized carbons (Fsp3) is 0.429. The molecule has 1 fully saturated rings. The fourth-order valence-corrected chi connectivity index (χ4v) is 2.64. The van der Waals surface area contributed by atoms with Crippen molar-refractivity contribution in [2.45, 2.75) is 13.3 Å². The van der Waals surface area contributed by atoms with Gasteiger partial charge in [0.1, 0.15) is 5.82 Å². The smallest absolute Gasteiger partial charge is 0.256 e. The van der Waals surface area contributed by atoms with Gasteiger partial charge >= 0.3 is 0 Å². The van der Waals surface area contributed by atoms with Crippen molar-refractivity contribution in [3.05, 3.63) is 34.1 Å². The zero-order chi connectivity index (χ0) is 14.7. The lowest BCUT2D eigenvalue weighted by Gasteiger charge is -2.21. The van der Waals surface area contributed by atoms with Gasteiger partial charge in [-0.3, -0.25) is 9.59 Å². The van der Waals surface area contributed by atoms with Gasteiger partial charge in [0.2, 0.25) is 5.91 Å². The van der Waals surface area contributed by atoms with Gasteiger partial charge in [-0.1, -0.05) is 6.07 Å². The van der Waals surface area contributed by atoms with Crippen molar-refractivity contribution >= 4 is 27.7 Å². The molecule has 0 spiro atoms. The molecule has 0 saturated carbocycles. The molecule has 2 amide bonds. The average molecular weight is 343 g/mol. The Bertz CT molecular complexity index is 536. The highest BCUT2D eigenvalue weighted by molar-refractivity contribution is 9.10. The van der Waals surface area contributed by atoms with Crippen molar-refractivity contribution in [3.63, 3.8) is 0 Å². The number of carbonyl (C=O) groups excluding carboxylic acids is 2. The number of hydrogen-bond donors (Lipinski definition) is 0.